The maximum Gasteiger partial charge on any atom is 0.263 e. The van der Waals surface area contributed by atoms with E-state index in [9.17, 15) is 4.79 Å². The van der Waals surface area contributed by atoms with Gasteiger partial charge in [0.15, 0.2) is 0 Å². The fourth-order valence-corrected chi connectivity index (χ4v) is 4.40. The third-order valence-corrected chi connectivity index (χ3v) is 5.76. The van der Waals surface area contributed by atoms with Crippen LogP contribution >= 0.6 is 39.7 Å². The molecule has 1 N–H and O–H groups in total. The molecule has 0 aliphatic carbocycles. The predicted octanol–water partition coefficient (Wildman–Crippen LogP) is 3.00. The zero-order valence-electron chi connectivity index (χ0n) is 10.6. The highest BCUT2D eigenvalue weighted by Crippen LogP contribution is 2.28. The van der Waals surface area contributed by atoms with E-state index in [0.717, 1.165) is 60.2 Å². The molecule has 1 aromatic heterocycles. The summed E-state index contributed by atoms with van der Waals surface area (Å²) in [6, 6.07) is 1.93. The molecule has 2 saturated heterocycles. The Hall–Kier alpha value is -0.100. The number of halogens is 2. The SMILES string of the molecule is Cl.O=C(c1cc(Br)cs1)N1CC[C@@H]2CNC[C@@H]2CC1. The fraction of sp³-hybridized carbons (Fsp3) is 0.615. The van der Waals surface area contributed by atoms with Gasteiger partial charge in [-0.25, -0.2) is 0 Å². The van der Waals surface area contributed by atoms with E-state index in [4.69, 9.17) is 0 Å². The van der Waals surface area contributed by atoms with Crippen molar-refractivity contribution in [1.29, 1.82) is 0 Å². The van der Waals surface area contributed by atoms with Crippen LogP contribution in [0.25, 0.3) is 0 Å². The van der Waals surface area contributed by atoms with Crippen LogP contribution in [0.5, 0.6) is 0 Å². The van der Waals surface area contributed by atoms with Crippen LogP contribution in [0.3, 0.4) is 0 Å². The molecule has 2 aliphatic heterocycles. The molecule has 0 saturated carbocycles. The Bertz CT molecular complexity index is 440. The van der Waals surface area contributed by atoms with E-state index in [1.807, 2.05) is 16.3 Å². The van der Waals surface area contributed by atoms with E-state index >= 15 is 0 Å². The third kappa shape index (κ3) is 3.32. The molecule has 6 heteroatoms. The summed E-state index contributed by atoms with van der Waals surface area (Å²) in [6.07, 6.45) is 2.30. The van der Waals surface area contributed by atoms with E-state index in [1.54, 1.807) is 0 Å². The van der Waals surface area contributed by atoms with E-state index in [1.165, 1.54) is 11.3 Å². The largest absolute Gasteiger partial charge is 0.338 e. The molecule has 2 atom stereocenters. The first-order chi connectivity index (χ1) is 8.74. The Morgan fingerprint density at radius 2 is 1.95 bits per heavy atom. The number of likely N-dealkylation sites (tertiary alicyclic amines) is 1. The zero-order chi connectivity index (χ0) is 12.5. The molecular weight excluding hydrogens is 348 g/mol. The minimum absolute atomic E-state index is 0. The third-order valence-electron chi connectivity index (χ3n) is 4.08. The number of fused-ring (bicyclic) bond motifs is 1. The minimum Gasteiger partial charge on any atom is -0.338 e. The molecule has 1 aromatic rings. The summed E-state index contributed by atoms with van der Waals surface area (Å²) in [7, 11) is 0. The number of nitrogens with one attached hydrogen (secondary N) is 1. The molecular formula is C13H18BrClN2OS. The lowest BCUT2D eigenvalue weighted by atomic mass is 9.92. The molecule has 2 fully saturated rings. The average molecular weight is 366 g/mol. The lowest BCUT2D eigenvalue weighted by molar-refractivity contribution is 0.0763. The molecule has 0 aromatic carbocycles. The highest BCUT2D eigenvalue weighted by molar-refractivity contribution is 9.10. The lowest BCUT2D eigenvalue weighted by Crippen LogP contribution is -2.32. The number of nitrogens with zero attached hydrogens (tertiary/aromatic N) is 1. The van der Waals surface area contributed by atoms with Gasteiger partial charge in [0.05, 0.1) is 4.88 Å². The Balaban J connectivity index is 0.00000133. The molecule has 19 heavy (non-hydrogen) atoms. The molecule has 0 radical (unpaired) electrons. The van der Waals surface area contributed by atoms with Gasteiger partial charge < -0.3 is 10.2 Å². The summed E-state index contributed by atoms with van der Waals surface area (Å²) < 4.78 is 1.01. The maximum absolute atomic E-state index is 12.4. The average Bonchev–Trinajstić information content (AvgIpc) is 2.94. The number of amides is 1. The molecule has 0 unspecified atom stereocenters. The van der Waals surface area contributed by atoms with Crippen molar-refractivity contribution in [3.63, 3.8) is 0 Å². The summed E-state index contributed by atoms with van der Waals surface area (Å²) in [5.74, 6) is 1.76. The van der Waals surface area contributed by atoms with E-state index in [0.29, 0.717) is 0 Å². The van der Waals surface area contributed by atoms with Crippen molar-refractivity contribution in [1.82, 2.24) is 10.2 Å². The van der Waals surface area contributed by atoms with Gasteiger partial charge in [-0.1, -0.05) is 0 Å². The van der Waals surface area contributed by atoms with E-state index in [2.05, 4.69) is 21.2 Å². The molecule has 0 spiro atoms. The first kappa shape index (κ1) is 15.3. The van der Waals surface area contributed by atoms with E-state index in [-0.39, 0.29) is 18.3 Å². The molecule has 0 bridgehead atoms. The summed E-state index contributed by atoms with van der Waals surface area (Å²) >= 11 is 4.94. The van der Waals surface area contributed by atoms with Crippen LogP contribution in [0.2, 0.25) is 0 Å². The van der Waals surface area contributed by atoms with Gasteiger partial charge in [0.1, 0.15) is 0 Å². The topological polar surface area (TPSA) is 32.3 Å². The normalized spacial score (nSPS) is 26.5. The van der Waals surface area contributed by atoms with Crippen molar-refractivity contribution >= 4 is 45.6 Å². The summed E-state index contributed by atoms with van der Waals surface area (Å²) in [5, 5.41) is 5.44. The monoisotopic (exact) mass is 364 g/mol. The zero-order valence-corrected chi connectivity index (χ0v) is 13.8. The predicted molar refractivity (Wildman–Crippen MR) is 84.3 cm³/mol. The molecule has 2 aliphatic rings. The van der Waals surface area contributed by atoms with Gasteiger partial charge in [0, 0.05) is 22.9 Å². The van der Waals surface area contributed by atoms with Crippen LogP contribution in [0.15, 0.2) is 15.9 Å². The van der Waals surface area contributed by atoms with Crippen LogP contribution in [0, 0.1) is 11.8 Å². The summed E-state index contributed by atoms with van der Waals surface area (Å²) in [5.41, 5.74) is 0. The summed E-state index contributed by atoms with van der Waals surface area (Å²) in [6.45, 7) is 4.10. The second-order valence-electron chi connectivity index (χ2n) is 5.18. The molecule has 3 nitrogen and oxygen atoms in total. The van der Waals surface area contributed by atoms with Gasteiger partial charge in [-0.05, 0) is 59.8 Å². The molecule has 3 rings (SSSR count). The van der Waals surface area contributed by atoms with Gasteiger partial charge in [-0.3, -0.25) is 4.79 Å². The van der Waals surface area contributed by atoms with Crippen LogP contribution in [-0.4, -0.2) is 37.0 Å². The first-order valence-electron chi connectivity index (χ1n) is 6.48. The minimum atomic E-state index is 0. The van der Waals surface area contributed by atoms with Crippen molar-refractivity contribution in [3.8, 4) is 0 Å². The lowest BCUT2D eigenvalue weighted by Gasteiger charge is -2.20. The highest BCUT2D eigenvalue weighted by atomic mass is 79.9. The number of hydrogen-bond donors (Lipinski definition) is 1. The Morgan fingerprint density at radius 3 is 2.47 bits per heavy atom. The fourth-order valence-electron chi connectivity index (χ4n) is 3.00. The van der Waals surface area contributed by atoms with Crippen LogP contribution in [0.4, 0.5) is 0 Å². The number of rotatable bonds is 1. The van der Waals surface area contributed by atoms with Crippen LogP contribution in [-0.2, 0) is 0 Å². The first-order valence-corrected chi connectivity index (χ1v) is 8.15. The van der Waals surface area contributed by atoms with Crippen molar-refractivity contribution in [3.05, 3.63) is 20.8 Å². The standard InChI is InChI=1S/C13H17BrN2OS.ClH/c14-11-5-12(18-8-11)13(17)16-3-1-9-6-15-7-10(9)2-4-16;/h5,8-10,15H,1-4,6-7H2;1H/t9-,10+;. The molecule has 3 heterocycles. The Kier molecular flexibility index (Phi) is 5.29. The summed E-state index contributed by atoms with van der Waals surface area (Å²) in [4.78, 5) is 15.3. The number of hydrogen-bond acceptors (Lipinski definition) is 3. The second kappa shape index (κ2) is 6.57. The maximum atomic E-state index is 12.4. The van der Waals surface area contributed by atoms with Gasteiger partial charge in [0.2, 0.25) is 0 Å². The number of thiophene rings is 1. The molecule has 106 valence electrons. The van der Waals surface area contributed by atoms with Gasteiger partial charge in [-0.2, -0.15) is 0 Å². The van der Waals surface area contributed by atoms with Crippen molar-refractivity contribution in [2.45, 2.75) is 12.8 Å². The van der Waals surface area contributed by atoms with Gasteiger partial charge >= 0.3 is 0 Å². The Morgan fingerprint density at radius 1 is 1.32 bits per heavy atom. The molecule has 1 amide bonds. The highest BCUT2D eigenvalue weighted by Gasteiger charge is 2.31. The number of carbonyl (C=O) groups is 1. The number of carbonyl (C=O) groups excluding carboxylic acids is 1. The second-order valence-corrected chi connectivity index (χ2v) is 7.00. The van der Waals surface area contributed by atoms with Crippen LogP contribution in [0.1, 0.15) is 22.5 Å². The quantitative estimate of drug-likeness (QED) is 0.830. The van der Waals surface area contributed by atoms with Gasteiger partial charge in [0.25, 0.3) is 5.91 Å². The van der Waals surface area contributed by atoms with Crippen molar-refractivity contribution in [2.24, 2.45) is 11.8 Å². The Labute approximate surface area is 132 Å². The smallest absolute Gasteiger partial charge is 0.263 e. The van der Waals surface area contributed by atoms with E-state index < -0.39 is 0 Å². The van der Waals surface area contributed by atoms with Crippen LogP contribution < -0.4 is 5.32 Å². The van der Waals surface area contributed by atoms with Crippen molar-refractivity contribution in [2.75, 3.05) is 26.2 Å². The van der Waals surface area contributed by atoms with Crippen molar-refractivity contribution < 1.29 is 4.79 Å². The van der Waals surface area contributed by atoms with Gasteiger partial charge in [-0.15, -0.1) is 23.7 Å².